The van der Waals surface area contributed by atoms with E-state index in [9.17, 15) is 0 Å². The van der Waals surface area contributed by atoms with Crippen molar-refractivity contribution < 1.29 is 4.42 Å². The Morgan fingerprint density at radius 1 is 0.360 bits per heavy atom. The maximum Gasteiger partial charge on any atom is 0.164 e. The van der Waals surface area contributed by atoms with E-state index in [4.69, 9.17) is 19.4 Å². The van der Waals surface area contributed by atoms with E-state index >= 15 is 0 Å². The molecule has 236 valence electrons. The van der Waals surface area contributed by atoms with Gasteiger partial charge in [0.1, 0.15) is 11.2 Å². The molecule has 9 rings (SSSR count). The van der Waals surface area contributed by atoms with E-state index < -0.39 is 0 Å². The first-order chi connectivity index (χ1) is 24.7. The van der Waals surface area contributed by atoms with Gasteiger partial charge in [0.05, 0.1) is 0 Å². The van der Waals surface area contributed by atoms with Gasteiger partial charge in [0.2, 0.25) is 0 Å². The highest BCUT2D eigenvalue weighted by atomic mass is 16.3. The molecule has 2 heterocycles. The van der Waals surface area contributed by atoms with Gasteiger partial charge >= 0.3 is 0 Å². The second-order valence-corrected chi connectivity index (χ2v) is 12.6. The molecular formula is C46H31N3O. The minimum Gasteiger partial charge on any atom is -0.455 e. The topological polar surface area (TPSA) is 51.8 Å². The van der Waals surface area contributed by atoms with Crippen LogP contribution in [0.5, 0.6) is 0 Å². The molecule has 0 saturated heterocycles. The van der Waals surface area contributed by atoms with Crippen LogP contribution >= 0.6 is 0 Å². The van der Waals surface area contributed by atoms with Gasteiger partial charge in [-0.1, -0.05) is 151 Å². The Hall–Kier alpha value is -6.65. The molecule has 0 unspecified atom stereocenters. The molecule has 0 aliphatic heterocycles. The van der Waals surface area contributed by atoms with Crippen molar-refractivity contribution >= 4 is 21.9 Å². The van der Waals surface area contributed by atoms with Crippen LogP contribution in [-0.4, -0.2) is 15.0 Å². The molecular weight excluding hydrogens is 611 g/mol. The van der Waals surface area contributed by atoms with Crippen molar-refractivity contribution in [3.8, 4) is 67.5 Å². The Morgan fingerprint density at radius 3 is 1.54 bits per heavy atom. The van der Waals surface area contributed by atoms with Crippen LogP contribution in [0, 0.1) is 6.92 Å². The average molecular weight is 642 g/mol. The fourth-order valence-electron chi connectivity index (χ4n) is 6.59. The molecule has 50 heavy (non-hydrogen) atoms. The van der Waals surface area contributed by atoms with E-state index in [1.54, 1.807) is 0 Å². The van der Waals surface area contributed by atoms with Gasteiger partial charge in [0, 0.05) is 33.0 Å². The van der Waals surface area contributed by atoms with Crippen molar-refractivity contribution in [2.45, 2.75) is 6.92 Å². The van der Waals surface area contributed by atoms with E-state index in [1.807, 2.05) is 48.5 Å². The van der Waals surface area contributed by atoms with Crippen LogP contribution in [0.2, 0.25) is 0 Å². The lowest BCUT2D eigenvalue weighted by Crippen LogP contribution is -2.00. The van der Waals surface area contributed by atoms with Crippen LogP contribution in [0.4, 0.5) is 0 Å². The van der Waals surface area contributed by atoms with Gasteiger partial charge < -0.3 is 4.42 Å². The molecule has 0 radical (unpaired) electrons. The Bertz CT molecular complexity index is 2630. The molecule has 7 aromatic carbocycles. The van der Waals surface area contributed by atoms with E-state index in [-0.39, 0.29) is 0 Å². The van der Waals surface area contributed by atoms with Gasteiger partial charge in [-0.25, -0.2) is 15.0 Å². The monoisotopic (exact) mass is 641 g/mol. The summed E-state index contributed by atoms with van der Waals surface area (Å²) in [6.07, 6.45) is 0. The van der Waals surface area contributed by atoms with Gasteiger partial charge in [-0.2, -0.15) is 0 Å². The molecule has 0 atom stereocenters. The second-order valence-electron chi connectivity index (χ2n) is 12.6. The number of benzene rings is 7. The van der Waals surface area contributed by atoms with Crippen LogP contribution < -0.4 is 0 Å². The zero-order chi connectivity index (χ0) is 33.4. The molecule has 0 spiro atoms. The van der Waals surface area contributed by atoms with Gasteiger partial charge in [0.15, 0.2) is 17.5 Å². The van der Waals surface area contributed by atoms with E-state index in [2.05, 4.69) is 128 Å². The first-order valence-electron chi connectivity index (χ1n) is 16.8. The SMILES string of the molecule is Cc1ccc(-c2nc(-c3ccccc3)nc(-c3cc(-c4ccc(-c5ccccc5)cc4)cc(-c4cccc5c4oc4ccccc45)c3)n2)cc1. The fraction of sp³-hybridized carbons (Fsp3) is 0.0217. The number of fused-ring (bicyclic) bond motifs is 3. The third kappa shape index (κ3) is 5.53. The molecule has 0 bridgehead atoms. The number of hydrogen-bond acceptors (Lipinski definition) is 4. The zero-order valence-electron chi connectivity index (χ0n) is 27.4. The van der Waals surface area contributed by atoms with Gasteiger partial charge in [-0.05, 0) is 59.0 Å². The van der Waals surface area contributed by atoms with Crippen LogP contribution in [0.3, 0.4) is 0 Å². The highest BCUT2D eigenvalue weighted by molar-refractivity contribution is 6.09. The van der Waals surface area contributed by atoms with Crippen LogP contribution in [-0.2, 0) is 0 Å². The van der Waals surface area contributed by atoms with Crippen molar-refractivity contribution in [2.75, 3.05) is 0 Å². The third-order valence-electron chi connectivity index (χ3n) is 9.21. The predicted octanol–water partition coefficient (Wildman–Crippen LogP) is 12.1. The highest BCUT2D eigenvalue weighted by Gasteiger charge is 2.17. The Balaban J connectivity index is 1.26. The van der Waals surface area contributed by atoms with Crippen molar-refractivity contribution in [3.05, 3.63) is 175 Å². The van der Waals surface area contributed by atoms with Crippen LogP contribution in [0.25, 0.3) is 89.5 Å². The fourth-order valence-corrected chi connectivity index (χ4v) is 6.59. The van der Waals surface area contributed by atoms with Gasteiger partial charge in [-0.15, -0.1) is 0 Å². The molecule has 0 saturated carbocycles. The normalized spacial score (nSPS) is 11.3. The van der Waals surface area contributed by atoms with Crippen LogP contribution in [0.1, 0.15) is 5.56 Å². The maximum absolute atomic E-state index is 6.52. The first kappa shape index (κ1) is 29.5. The Labute approximate surface area is 290 Å². The zero-order valence-corrected chi connectivity index (χ0v) is 27.4. The largest absolute Gasteiger partial charge is 0.455 e. The Kier molecular flexibility index (Phi) is 7.33. The average Bonchev–Trinajstić information content (AvgIpc) is 3.58. The molecule has 9 aromatic rings. The number of aromatic nitrogens is 3. The number of para-hydroxylation sites is 2. The van der Waals surface area contributed by atoms with E-state index in [0.29, 0.717) is 17.5 Å². The molecule has 0 aliphatic carbocycles. The van der Waals surface area contributed by atoms with Crippen molar-refractivity contribution in [1.82, 2.24) is 15.0 Å². The second kappa shape index (κ2) is 12.4. The molecule has 0 amide bonds. The van der Waals surface area contributed by atoms with Crippen LogP contribution in [0.15, 0.2) is 174 Å². The highest BCUT2D eigenvalue weighted by Crippen LogP contribution is 2.39. The number of nitrogens with zero attached hydrogens (tertiary/aromatic N) is 3. The summed E-state index contributed by atoms with van der Waals surface area (Å²) in [6, 6.07) is 58.8. The summed E-state index contributed by atoms with van der Waals surface area (Å²) < 4.78 is 6.52. The van der Waals surface area contributed by atoms with Crippen molar-refractivity contribution in [2.24, 2.45) is 0 Å². The molecule has 0 fully saturated rings. The van der Waals surface area contributed by atoms with Gasteiger partial charge in [-0.3, -0.25) is 0 Å². The lowest BCUT2D eigenvalue weighted by atomic mass is 9.94. The minimum atomic E-state index is 0.607. The number of aryl methyl sites for hydroxylation is 1. The summed E-state index contributed by atoms with van der Waals surface area (Å²) in [4.78, 5) is 15.2. The molecule has 0 aliphatic rings. The van der Waals surface area contributed by atoms with Gasteiger partial charge in [0.25, 0.3) is 0 Å². The maximum atomic E-state index is 6.52. The minimum absolute atomic E-state index is 0.607. The molecule has 4 nitrogen and oxygen atoms in total. The quantitative estimate of drug-likeness (QED) is 0.181. The smallest absolute Gasteiger partial charge is 0.164 e. The summed E-state index contributed by atoms with van der Waals surface area (Å²) in [5.74, 6) is 1.87. The third-order valence-corrected chi connectivity index (χ3v) is 9.21. The lowest BCUT2D eigenvalue weighted by Gasteiger charge is -2.13. The summed E-state index contributed by atoms with van der Waals surface area (Å²) >= 11 is 0. The van der Waals surface area contributed by atoms with E-state index in [1.165, 1.54) is 16.7 Å². The Morgan fingerprint density at radius 2 is 0.840 bits per heavy atom. The molecule has 4 heteroatoms. The summed E-state index contributed by atoms with van der Waals surface area (Å²) in [6.45, 7) is 2.08. The summed E-state index contributed by atoms with van der Waals surface area (Å²) in [5, 5.41) is 2.19. The summed E-state index contributed by atoms with van der Waals surface area (Å²) in [7, 11) is 0. The van der Waals surface area contributed by atoms with Crippen molar-refractivity contribution in [1.29, 1.82) is 0 Å². The van der Waals surface area contributed by atoms with Crippen molar-refractivity contribution in [3.63, 3.8) is 0 Å². The number of hydrogen-bond donors (Lipinski definition) is 0. The first-order valence-corrected chi connectivity index (χ1v) is 16.8. The standard InChI is InChI=1S/C46H31N3O/c1-30-19-21-35(22-20-30)45-47-44(34-13-6-3-7-14-34)48-46(49-45)38-28-36(33-25-23-32(24-26-33)31-11-4-2-5-12-31)27-37(29-38)39-16-10-17-41-40-15-8-9-18-42(40)50-43(39)41/h2-29H,1H3. The predicted molar refractivity (Wildman–Crippen MR) is 204 cm³/mol. The number of rotatable bonds is 6. The molecule has 2 aromatic heterocycles. The molecule has 0 N–H and O–H groups in total. The summed E-state index contributed by atoms with van der Waals surface area (Å²) in [5.41, 5.74) is 12.2. The van der Waals surface area contributed by atoms with E-state index in [0.717, 1.165) is 60.9 Å². The number of furan rings is 1. The lowest BCUT2D eigenvalue weighted by molar-refractivity contribution is 0.670.